The molecule has 1 aromatic rings. The van der Waals surface area contributed by atoms with Crippen molar-refractivity contribution in [1.29, 1.82) is 0 Å². The highest BCUT2D eigenvalue weighted by Gasteiger charge is 2.19. The van der Waals surface area contributed by atoms with Crippen molar-refractivity contribution in [2.45, 2.75) is 11.8 Å². The van der Waals surface area contributed by atoms with Crippen molar-refractivity contribution < 1.29 is 13.3 Å². The first-order valence-corrected chi connectivity index (χ1v) is 5.63. The van der Waals surface area contributed by atoms with Gasteiger partial charge in [-0.25, -0.2) is 13.6 Å². The summed E-state index contributed by atoms with van der Waals surface area (Å²) in [5.74, 6) is 0. The zero-order valence-corrected chi connectivity index (χ0v) is 9.17. The molecule has 0 amide bonds. The molecule has 0 aromatic heterocycles. The molecule has 0 saturated carbocycles. The molecule has 0 bridgehead atoms. The van der Waals surface area contributed by atoms with Crippen molar-refractivity contribution >= 4 is 27.3 Å². The summed E-state index contributed by atoms with van der Waals surface area (Å²) < 4.78 is 22.0. The third-order valence-electron chi connectivity index (χ3n) is 1.75. The van der Waals surface area contributed by atoms with Gasteiger partial charge in [-0.2, -0.15) is 0 Å². The number of hydrogen-bond acceptors (Lipinski definition) is 4. The fraction of sp³-hybridized carbons (Fsp3) is 0.143. The highest BCUT2D eigenvalue weighted by molar-refractivity contribution is 7.89. The lowest BCUT2D eigenvalue weighted by Gasteiger charge is -2.03. The van der Waals surface area contributed by atoms with E-state index in [1.54, 1.807) is 0 Å². The van der Waals surface area contributed by atoms with E-state index in [0.29, 0.717) is 0 Å². The molecule has 0 aliphatic heterocycles. The van der Waals surface area contributed by atoms with E-state index in [1.165, 1.54) is 6.92 Å². The first kappa shape index (κ1) is 11.9. The number of nitro benzene ring substituents is 1. The van der Waals surface area contributed by atoms with E-state index >= 15 is 0 Å². The van der Waals surface area contributed by atoms with Crippen LogP contribution >= 0.6 is 11.6 Å². The average molecular weight is 251 g/mol. The van der Waals surface area contributed by atoms with E-state index < -0.39 is 14.9 Å². The van der Waals surface area contributed by atoms with Crippen LogP contribution in [0.15, 0.2) is 17.0 Å². The van der Waals surface area contributed by atoms with Crippen LogP contribution in [0, 0.1) is 17.0 Å². The van der Waals surface area contributed by atoms with Crippen molar-refractivity contribution in [3.63, 3.8) is 0 Å². The van der Waals surface area contributed by atoms with Gasteiger partial charge in [0.25, 0.3) is 5.69 Å². The van der Waals surface area contributed by atoms with Gasteiger partial charge in [-0.15, -0.1) is 0 Å². The van der Waals surface area contributed by atoms with Crippen molar-refractivity contribution in [1.82, 2.24) is 0 Å². The standard InChI is InChI=1S/C7H7ClN2O4S/c1-4-2-7(15(9,13)14)5(8)3-6(4)10(11)12/h2-3H,1H3,(H2,9,13,14). The Hall–Kier alpha value is -1.18. The number of nitro groups is 1. The van der Waals surface area contributed by atoms with Gasteiger partial charge in [-0.1, -0.05) is 11.6 Å². The van der Waals surface area contributed by atoms with E-state index in [9.17, 15) is 18.5 Å². The minimum Gasteiger partial charge on any atom is -0.258 e. The van der Waals surface area contributed by atoms with E-state index in [2.05, 4.69) is 0 Å². The van der Waals surface area contributed by atoms with Crippen LogP contribution in [0.1, 0.15) is 5.56 Å². The highest BCUT2D eigenvalue weighted by Crippen LogP contribution is 2.28. The molecule has 0 heterocycles. The maximum absolute atomic E-state index is 11.0. The molecular formula is C7H7ClN2O4S. The molecule has 15 heavy (non-hydrogen) atoms. The largest absolute Gasteiger partial charge is 0.273 e. The summed E-state index contributed by atoms with van der Waals surface area (Å²) in [6, 6.07) is 2.05. The van der Waals surface area contributed by atoms with Crippen molar-refractivity contribution in [3.05, 3.63) is 32.8 Å². The topological polar surface area (TPSA) is 103 Å². The molecule has 0 radical (unpaired) electrons. The van der Waals surface area contributed by atoms with E-state index in [0.717, 1.165) is 12.1 Å². The Morgan fingerprint density at radius 1 is 1.47 bits per heavy atom. The number of hydrogen-bond donors (Lipinski definition) is 1. The van der Waals surface area contributed by atoms with Gasteiger partial charge in [0.2, 0.25) is 10.0 Å². The second kappa shape index (κ2) is 3.76. The summed E-state index contributed by atoms with van der Waals surface area (Å²) in [6.07, 6.45) is 0. The van der Waals surface area contributed by atoms with Crippen LogP contribution in [0.4, 0.5) is 5.69 Å². The highest BCUT2D eigenvalue weighted by atomic mass is 35.5. The Morgan fingerprint density at radius 3 is 2.40 bits per heavy atom. The predicted octanol–water partition coefficient (Wildman–Crippen LogP) is 1.20. The zero-order chi connectivity index (χ0) is 11.8. The molecule has 0 saturated heterocycles. The lowest BCUT2D eigenvalue weighted by atomic mass is 10.2. The molecule has 0 aliphatic carbocycles. The first-order chi connectivity index (χ1) is 6.73. The molecular weight excluding hydrogens is 244 g/mol. The van der Waals surface area contributed by atoms with E-state index in [-0.39, 0.29) is 21.2 Å². The van der Waals surface area contributed by atoms with Crippen LogP contribution in [-0.4, -0.2) is 13.3 Å². The third kappa shape index (κ3) is 2.44. The predicted molar refractivity (Wildman–Crippen MR) is 54.2 cm³/mol. The smallest absolute Gasteiger partial charge is 0.258 e. The van der Waals surface area contributed by atoms with Crippen LogP contribution < -0.4 is 5.14 Å². The molecule has 6 nitrogen and oxygen atoms in total. The van der Waals surface area contributed by atoms with Gasteiger partial charge < -0.3 is 0 Å². The van der Waals surface area contributed by atoms with Crippen LogP contribution in [0.2, 0.25) is 5.02 Å². The van der Waals surface area contributed by atoms with Gasteiger partial charge in [0.1, 0.15) is 4.90 Å². The Balaban J connectivity index is 3.52. The van der Waals surface area contributed by atoms with Crippen molar-refractivity contribution in [3.8, 4) is 0 Å². The molecule has 0 fully saturated rings. The molecule has 1 aromatic carbocycles. The average Bonchev–Trinajstić information content (AvgIpc) is 2.06. The minimum atomic E-state index is -3.95. The second-order valence-electron chi connectivity index (χ2n) is 2.87. The fourth-order valence-corrected chi connectivity index (χ4v) is 2.21. The summed E-state index contributed by atoms with van der Waals surface area (Å²) in [6.45, 7) is 1.41. The molecule has 0 atom stereocenters. The number of rotatable bonds is 2. The fourth-order valence-electron chi connectivity index (χ4n) is 1.06. The number of halogens is 1. The van der Waals surface area contributed by atoms with Crippen LogP contribution in [0.3, 0.4) is 0 Å². The second-order valence-corrected chi connectivity index (χ2v) is 4.81. The SMILES string of the molecule is Cc1cc(S(N)(=O)=O)c(Cl)cc1[N+](=O)[O-]. The Kier molecular flexibility index (Phi) is 2.98. The van der Waals surface area contributed by atoms with Gasteiger partial charge >= 0.3 is 0 Å². The van der Waals surface area contributed by atoms with E-state index in [4.69, 9.17) is 16.7 Å². The summed E-state index contributed by atoms with van der Waals surface area (Å²) in [5.41, 5.74) is -0.0548. The maximum Gasteiger partial charge on any atom is 0.273 e. The summed E-state index contributed by atoms with van der Waals surface area (Å²) in [4.78, 5) is 9.54. The van der Waals surface area contributed by atoms with Gasteiger partial charge in [-0.3, -0.25) is 10.1 Å². The van der Waals surface area contributed by atoms with Crippen LogP contribution in [-0.2, 0) is 10.0 Å². The van der Waals surface area contributed by atoms with E-state index in [1.807, 2.05) is 0 Å². The first-order valence-electron chi connectivity index (χ1n) is 3.71. The molecule has 82 valence electrons. The lowest BCUT2D eigenvalue weighted by molar-refractivity contribution is -0.385. The summed E-state index contributed by atoms with van der Waals surface area (Å²) in [5, 5.41) is 15.1. The zero-order valence-electron chi connectivity index (χ0n) is 7.60. The summed E-state index contributed by atoms with van der Waals surface area (Å²) in [7, 11) is -3.95. The molecule has 0 aliphatic rings. The molecule has 0 spiro atoms. The molecule has 1 rings (SSSR count). The number of aryl methyl sites for hydroxylation is 1. The number of nitrogens with zero attached hydrogens (tertiary/aromatic N) is 1. The molecule has 8 heteroatoms. The molecule has 2 N–H and O–H groups in total. The quantitative estimate of drug-likeness (QED) is 0.629. The maximum atomic E-state index is 11.0. The number of sulfonamides is 1. The van der Waals surface area contributed by atoms with Crippen LogP contribution in [0.25, 0.3) is 0 Å². The Bertz CT molecular complexity index is 526. The third-order valence-corrected chi connectivity index (χ3v) is 3.13. The Labute approximate surface area is 90.9 Å². The van der Waals surface area contributed by atoms with Gasteiger partial charge in [0.05, 0.1) is 9.95 Å². The van der Waals surface area contributed by atoms with Gasteiger partial charge in [-0.05, 0) is 13.0 Å². The Morgan fingerprint density at radius 2 is 2.00 bits per heavy atom. The lowest BCUT2D eigenvalue weighted by Crippen LogP contribution is -2.13. The monoisotopic (exact) mass is 250 g/mol. The number of primary sulfonamides is 1. The number of nitrogens with two attached hydrogens (primary N) is 1. The van der Waals surface area contributed by atoms with Crippen LogP contribution in [0.5, 0.6) is 0 Å². The normalized spacial score (nSPS) is 11.4. The minimum absolute atomic E-state index is 0.188. The van der Waals surface area contributed by atoms with Gasteiger partial charge in [0.15, 0.2) is 0 Å². The summed E-state index contributed by atoms with van der Waals surface area (Å²) >= 11 is 5.57. The molecule has 0 unspecified atom stereocenters. The number of benzene rings is 1. The van der Waals surface area contributed by atoms with Gasteiger partial charge in [0, 0.05) is 11.6 Å². The van der Waals surface area contributed by atoms with Crippen molar-refractivity contribution in [2.24, 2.45) is 5.14 Å². The van der Waals surface area contributed by atoms with Crippen molar-refractivity contribution in [2.75, 3.05) is 0 Å².